The van der Waals surface area contributed by atoms with Crippen LogP contribution in [0, 0.1) is 0 Å². The predicted molar refractivity (Wildman–Crippen MR) is 195 cm³/mol. The van der Waals surface area contributed by atoms with Crippen LogP contribution in [0.3, 0.4) is 0 Å². The molecule has 0 bridgehead atoms. The van der Waals surface area contributed by atoms with E-state index in [0.717, 1.165) is 59.8 Å². The molecule has 0 radical (unpaired) electrons. The van der Waals surface area contributed by atoms with Gasteiger partial charge in [-0.3, -0.25) is 4.57 Å². The Hall–Kier alpha value is -5.56. The first-order valence-electron chi connectivity index (χ1n) is 15.2. The molecular weight excluding hydrogens is 603 g/mol. The topological polar surface area (TPSA) is 43.9 Å². The molecule has 0 aliphatic carbocycles. The molecule has 11 aromatic rings. The summed E-state index contributed by atoms with van der Waals surface area (Å²) in [5.41, 5.74) is 6.94. The molecule has 0 fully saturated rings. The van der Waals surface area contributed by atoms with Crippen LogP contribution in [0.2, 0.25) is 0 Å². The minimum Gasteiger partial charge on any atom is -0.456 e. The van der Waals surface area contributed by atoms with Gasteiger partial charge in [-0.05, 0) is 54.6 Å². The van der Waals surface area contributed by atoms with Crippen LogP contribution in [-0.4, -0.2) is 14.5 Å². The number of hydrogen-bond donors (Lipinski definition) is 0. The van der Waals surface area contributed by atoms with E-state index in [1.165, 1.54) is 35.6 Å². The Labute approximate surface area is 269 Å². The van der Waals surface area contributed by atoms with Crippen LogP contribution in [0.25, 0.3) is 101 Å². The van der Waals surface area contributed by atoms with Crippen molar-refractivity contribution >= 4 is 107 Å². The fraction of sp³-hybridized carbons (Fsp3) is 0. The van der Waals surface area contributed by atoms with Crippen molar-refractivity contribution in [1.82, 2.24) is 14.5 Å². The minimum atomic E-state index is 0.676. The molecular formula is C40H21N3OS2. The van der Waals surface area contributed by atoms with Gasteiger partial charge in [-0.2, -0.15) is 0 Å². The Balaban J connectivity index is 1.26. The highest BCUT2D eigenvalue weighted by Gasteiger charge is 2.21. The van der Waals surface area contributed by atoms with E-state index in [9.17, 15) is 0 Å². The zero-order valence-electron chi connectivity index (χ0n) is 24.2. The highest BCUT2D eigenvalue weighted by molar-refractivity contribution is 7.26. The van der Waals surface area contributed by atoms with Crippen molar-refractivity contribution in [2.75, 3.05) is 0 Å². The molecule has 0 amide bonds. The third-order valence-electron chi connectivity index (χ3n) is 9.23. The first-order chi connectivity index (χ1) is 22.8. The van der Waals surface area contributed by atoms with E-state index in [0.29, 0.717) is 5.95 Å². The third kappa shape index (κ3) is 3.32. The molecule has 214 valence electrons. The van der Waals surface area contributed by atoms with Crippen molar-refractivity contribution in [2.45, 2.75) is 0 Å². The monoisotopic (exact) mass is 623 g/mol. The Kier molecular flexibility index (Phi) is 4.84. The van der Waals surface area contributed by atoms with Crippen LogP contribution in [0.1, 0.15) is 0 Å². The summed E-state index contributed by atoms with van der Waals surface area (Å²) in [7, 11) is 0. The van der Waals surface area contributed by atoms with Crippen LogP contribution in [0.4, 0.5) is 0 Å². The number of para-hydroxylation sites is 2. The Morgan fingerprint density at radius 3 is 2.09 bits per heavy atom. The lowest BCUT2D eigenvalue weighted by atomic mass is 10.1. The summed E-state index contributed by atoms with van der Waals surface area (Å²) in [6.07, 6.45) is 0. The smallest absolute Gasteiger partial charge is 0.235 e. The van der Waals surface area contributed by atoms with Gasteiger partial charge in [0.05, 0.1) is 26.9 Å². The number of aromatic nitrogens is 3. The number of benzene rings is 6. The highest BCUT2D eigenvalue weighted by atomic mass is 32.1. The van der Waals surface area contributed by atoms with Gasteiger partial charge >= 0.3 is 0 Å². The van der Waals surface area contributed by atoms with E-state index in [4.69, 9.17) is 14.4 Å². The molecule has 0 saturated carbocycles. The number of rotatable bonds is 2. The Morgan fingerprint density at radius 2 is 1.20 bits per heavy atom. The molecule has 0 spiro atoms. The number of furan rings is 1. The summed E-state index contributed by atoms with van der Waals surface area (Å²) in [6.45, 7) is 0. The van der Waals surface area contributed by atoms with Crippen LogP contribution < -0.4 is 0 Å². The Bertz CT molecular complexity index is 3050. The van der Waals surface area contributed by atoms with Crippen molar-refractivity contribution in [1.29, 1.82) is 0 Å². The number of fused-ring (bicyclic) bond motifs is 12. The summed E-state index contributed by atoms with van der Waals surface area (Å²) < 4.78 is 13.3. The summed E-state index contributed by atoms with van der Waals surface area (Å²) >= 11 is 3.59. The standard InChI is InChI=1S/C40H21N3OS2/c1-5-13-30-23(9-1)27-20-29-25-11-3-7-15-34(25)45-36(29)21-31(27)43(30)40-41-37(39-38(42-40)26-12-4-8-16-35(26)46-39)22-17-18-33-28(19-22)24-10-2-6-14-32(24)44-33/h1-21H. The van der Waals surface area contributed by atoms with E-state index < -0.39 is 0 Å². The number of nitrogens with zero attached hydrogens (tertiary/aromatic N) is 3. The van der Waals surface area contributed by atoms with Crippen molar-refractivity contribution in [3.63, 3.8) is 0 Å². The average molecular weight is 624 g/mol. The maximum atomic E-state index is 6.18. The van der Waals surface area contributed by atoms with E-state index in [1.807, 2.05) is 23.5 Å². The molecule has 0 saturated heterocycles. The van der Waals surface area contributed by atoms with Gasteiger partial charge in [0.2, 0.25) is 5.95 Å². The largest absolute Gasteiger partial charge is 0.456 e. The molecule has 0 unspecified atom stereocenters. The summed E-state index contributed by atoms with van der Waals surface area (Å²) in [6, 6.07) is 45.2. The molecule has 0 N–H and O–H groups in total. The molecule has 6 heteroatoms. The molecule has 5 aromatic heterocycles. The van der Waals surface area contributed by atoms with Crippen molar-refractivity contribution in [2.24, 2.45) is 0 Å². The van der Waals surface area contributed by atoms with Gasteiger partial charge in [0.25, 0.3) is 0 Å². The SMILES string of the molecule is c1ccc2c(c1)oc1ccc(-c3nc(-n4c5ccccc5c5cc6c(cc54)sc4ccccc46)nc4c3sc3ccccc34)cc12. The molecule has 0 atom stereocenters. The Morgan fingerprint density at radius 1 is 0.478 bits per heavy atom. The van der Waals surface area contributed by atoms with Crippen LogP contribution in [0.5, 0.6) is 0 Å². The van der Waals surface area contributed by atoms with Gasteiger partial charge in [0.1, 0.15) is 11.2 Å². The second-order valence-electron chi connectivity index (χ2n) is 11.8. The van der Waals surface area contributed by atoms with Crippen molar-refractivity contribution in [3.8, 4) is 17.2 Å². The maximum absolute atomic E-state index is 6.18. The number of hydrogen-bond acceptors (Lipinski definition) is 5. The van der Waals surface area contributed by atoms with E-state index >= 15 is 0 Å². The second-order valence-corrected chi connectivity index (χ2v) is 13.9. The first kappa shape index (κ1) is 24.7. The zero-order valence-corrected chi connectivity index (χ0v) is 25.8. The normalized spacial score (nSPS) is 12.3. The molecule has 5 heterocycles. The summed E-state index contributed by atoms with van der Waals surface area (Å²) in [4.78, 5) is 10.8. The van der Waals surface area contributed by atoms with Crippen molar-refractivity contribution in [3.05, 3.63) is 127 Å². The molecule has 4 nitrogen and oxygen atoms in total. The zero-order chi connectivity index (χ0) is 29.9. The minimum absolute atomic E-state index is 0.676. The van der Waals surface area contributed by atoms with Gasteiger partial charge < -0.3 is 4.42 Å². The maximum Gasteiger partial charge on any atom is 0.235 e. The molecule has 0 aliphatic heterocycles. The second kappa shape index (κ2) is 9.01. The van der Waals surface area contributed by atoms with Crippen LogP contribution >= 0.6 is 22.7 Å². The molecule has 0 aliphatic rings. The van der Waals surface area contributed by atoms with Crippen molar-refractivity contribution < 1.29 is 4.42 Å². The summed E-state index contributed by atoms with van der Waals surface area (Å²) in [5, 5.41) is 8.34. The lowest BCUT2D eigenvalue weighted by Gasteiger charge is -2.10. The number of thiophene rings is 2. The lowest BCUT2D eigenvalue weighted by molar-refractivity contribution is 0.669. The lowest BCUT2D eigenvalue weighted by Crippen LogP contribution is -2.02. The average Bonchev–Trinajstić information content (AvgIpc) is 3.85. The predicted octanol–water partition coefficient (Wildman–Crippen LogP) is 11.9. The molecule has 11 rings (SSSR count). The van der Waals surface area contributed by atoms with Gasteiger partial charge in [-0.15, -0.1) is 22.7 Å². The van der Waals surface area contributed by atoms with Crippen LogP contribution in [-0.2, 0) is 0 Å². The fourth-order valence-electron chi connectivity index (χ4n) is 7.15. The van der Waals surface area contributed by atoms with Gasteiger partial charge in [-0.25, -0.2) is 9.97 Å². The van der Waals surface area contributed by atoms with Crippen LogP contribution in [0.15, 0.2) is 132 Å². The first-order valence-corrected chi connectivity index (χ1v) is 16.9. The highest BCUT2D eigenvalue weighted by Crippen LogP contribution is 2.43. The molecule has 6 aromatic carbocycles. The van der Waals surface area contributed by atoms with E-state index in [-0.39, 0.29) is 0 Å². The fourth-order valence-corrected chi connectivity index (χ4v) is 9.43. The third-order valence-corrected chi connectivity index (χ3v) is 11.5. The van der Waals surface area contributed by atoms with E-state index in [2.05, 4.69) is 120 Å². The molecule has 46 heavy (non-hydrogen) atoms. The summed E-state index contributed by atoms with van der Waals surface area (Å²) in [5.74, 6) is 0.676. The van der Waals surface area contributed by atoms with Gasteiger partial charge in [-0.1, -0.05) is 72.8 Å². The van der Waals surface area contributed by atoms with E-state index in [1.54, 1.807) is 11.3 Å². The van der Waals surface area contributed by atoms with Gasteiger partial charge in [0, 0.05) is 57.4 Å². The quantitative estimate of drug-likeness (QED) is 0.192. The van der Waals surface area contributed by atoms with Gasteiger partial charge in [0.15, 0.2) is 0 Å².